The second-order valence-electron chi connectivity index (χ2n) is 2.54. The van der Waals surface area contributed by atoms with Crippen molar-refractivity contribution in [3.8, 4) is 0 Å². The van der Waals surface area contributed by atoms with E-state index in [1.807, 2.05) is 0 Å². The van der Waals surface area contributed by atoms with Gasteiger partial charge in [-0.25, -0.2) is 8.78 Å². The van der Waals surface area contributed by atoms with Gasteiger partial charge in [-0.15, -0.1) is 24.8 Å². The van der Waals surface area contributed by atoms with Crippen molar-refractivity contribution in [3.63, 3.8) is 0 Å². The third kappa shape index (κ3) is 1.59. The summed E-state index contributed by atoms with van der Waals surface area (Å²) in [6.45, 7) is 1.33. The van der Waals surface area contributed by atoms with Gasteiger partial charge in [-0.1, -0.05) is 0 Å². The molecule has 1 saturated heterocycles. The van der Waals surface area contributed by atoms with Crippen LogP contribution in [0, 0.1) is 0 Å². The number of rotatable bonds is 0. The van der Waals surface area contributed by atoms with Crippen LogP contribution in [0.3, 0.4) is 0 Å². The molecule has 2 atom stereocenters. The van der Waals surface area contributed by atoms with Gasteiger partial charge in [0.2, 0.25) is 0 Å². The Morgan fingerprint density at radius 2 is 1.36 bits per heavy atom. The van der Waals surface area contributed by atoms with Crippen molar-refractivity contribution < 1.29 is 8.78 Å². The minimum atomic E-state index is -2.48. The van der Waals surface area contributed by atoms with Crippen LogP contribution in [0.2, 0.25) is 0 Å². The van der Waals surface area contributed by atoms with Crippen molar-refractivity contribution >= 4 is 24.8 Å². The SMILES string of the molecule is Cl.Cl.FC1(F)C2NCCNC21. The molecule has 0 aromatic carbocycles. The first-order valence-corrected chi connectivity index (χ1v) is 3.07. The molecule has 0 amide bonds. The van der Waals surface area contributed by atoms with E-state index in [0.717, 1.165) is 0 Å². The number of piperazine rings is 1. The molecule has 0 aromatic heterocycles. The summed E-state index contributed by atoms with van der Waals surface area (Å²) in [7, 11) is 0. The molecule has 0 aromatic rings. The predicted octanol–water partition coefficient (Wildman–Crippen LogP) is 0.409. The Balaban J connectivity index is 0.000000500. The quantitative estimate of drug-likeness (QED) is 0.601. The molecule has 2 nitrogen and oxygen atoms in total. The molecule has 0 radical (unpaired) electrons. The van der Waals surface area contributed by atoms with Crippen LogP contribution in [0.15, 0.2) is 0 Å². The van der Waals surface area contributed by atoms with Crippen LogP contribution in [0.4, 0.5) is 8.78 Å². The lowest BCUT2D eigenvalue weighted by Crippen LogP contribution is -2.39. The fraction of sp³-hybridized carbons (Fsp3) is 1.00. The van der Waals surface area contributed by atoms with E-state index in [1.54, 1.807) is 0 Å². The number of hydrogen-bond donors (Lipinski definition) is 2. The highest BCUT2D eigenvalue weighted by molar-refractivity contribution is 5.85. The average molecular weight is 207 g/mol. The number of halogens is 4. The van der Waals surface area contributed by atoms with Crippen LogP contribution in [0.25, 0.3) is 0 Å². The Labute approximate surface area is 75.9 Å². The first kappa shape index (κ1) is 11.4. The fourth-order valence-electron chi connectivity index (χ4n) is 1.29. The van der Waals surface area contributed by atoms with E-state index >= 15 is 0 Å². The molecular formula is C5H10Cl2F2N2. The van der Waals surface area contributed by atoms with E-state index in [0.29, 0.717) is 13.1 Å². The Kier molecular flexibility index (Phi) is 3.50. The summed E-state index contributed by atoms with van der Waals surface area (Å²) in [5.74, 6) is -2.48. The zero-order valence-corrected chi connectivity index (χ0v) is 7.27. The highest BCUT2D eigenvalue weighted by atomic mass is 35.5. The zero-order valence-electron chi connectivity index (χ0n) is 5.64. The first-order valence-electron chi connectivity index (χ1n) is 3.07. The van der Waals surface area contributed by atoms with E-state index in [-0.39, 0.29) is 24.8 Å². The van der Waals surface area contributed by atoms with E-state index in [1.165, 1.54) is 0 Å². The van der Waals surface area contributed by atoms with Gasteiger partial charge in [-0.05, 0) is 0 Å². The molecule has 68 valence electrons. The number of hydrogen-bond acceptors (Lipinski definition) is 2. The largest absolute Gasteiger partial charge is 0.306 e. The minimum Gasteiger partial charge on any atom is -0.306 e. The van der Waals surface area contributed by atoms with Crippen LogP contribution in [0.5, 0.6) is 0 Å². The third-order valence-electron chi connectivity index (χ3n) is 1.91. The number of nitrogens with one attached hydrogen (secondary N) is 2. The first-order chi connectivity index (χ1) is 4.23. The molecule has 1 aliphatic heterocycles. The maximum Gasteiger partial charge on any atom is 0.281 e. The van der Waals surface area contributed by atoms with Crippen LogP contribution >= 0.6 is 24.8 Å². The highest BCUT2D eigenvalue weighted by Crippen LogP contribution is 2.42. The smallest absolute Gasteiger partial charge is 0.281 e. The van der Waals surface area contributed by atoms with Gasteiger partial charge in [0.25, 0.3) is 5.92 Å². The Morgan fingerprint density at radius 1 is 1.00 bits per heavy atom. The highest BCUT2D eigenvalue weighted by Gasteiger charge is 2.69. The van der Waals surface area contributed by atoms with Crippen LogP contribution in [-0.2, 0) is 0 Å². The third-order valence-corrected chi connectivity index (χ3v) is 1.91. The molecule has 1 saturated carbocycles. The van der Waals surface area contributed by atoms with Gasteiger partial charge in [-0.2, -0.15) is 0 Å². The van der Waals surface area contributed by atoms with Crippen molar-refractivity contribution in [1.29, 1.82) is 0 Å². The summed E-state index contributed by atoms with van der Waals surface area (Å²) in [6.07, 6.45) is 0. The average Bonchev–Trinajstić information content (AvgIpc) is 2.39. The fourth-order valence-corrected chi connectivity index (χ4v) is 1.29. The molecular weight excluding hydrogens is 197 g/mol. The summed E-state index contributed by atoms with van der Waals surface area (Å²) in [5.41, 5.74) is 0. The van der Waals surface area contributed by atoms with E-state index in [9.17, 15) is 8.78 Å². The van der Waals surface area contributed by atoms with E-state index < -0.39 is 18.0 Å². The van der Waals surface area contributed by atoms with Gasteiger partial charge >= 0.3 is 0 Å². The van der Waals surface area contributed by atoms with Crippen molar-refractivity contribution in [3.05, 3.63) is 0 Å². The van der Waals surface area contributed by atoms with Crippen LogP contribution in [0.1, 0.15) is 0 Å². The van der Waals surface area contributed by atoms with Crippen molar-refractivity contribution in [2.24, 2.45) is 0 Å². The lowest BCUT2D eigenvalue weighted by molar-refractivity contribution is 0.100. The second kappa shape index (κ2) is 3.39. The maximum absolute atomic E-state index is 12.4. The topological polar surface area (TPSA) is 24.1 Å². The Bertz CT molecular complexity index is 130. The van der Waals surface area contributed by atoms with Gasteiger partial charge in [0.15, 0.2) is 0 Å². The van der Waals surface area contributed by atoms with Crippen molar-refractivity contribution in [1.82, 2.24) is 10.6 Å². The summed E-state index contributed by atoms with van der Waals surface area (Å²) in [4.78, 5) is 0. The molecule has 1 heterocycles. The van der Waals surface area contributed by atoms with Gasteiger partial charge < -0.3 is 10.6 Å². The molecule has 11 heavy (non-hydrogen) atoms. The summed E-state index contributed by atoms with van der Waals surface area (Å²) >= 11 is 0. The summed E-state index contributed by atoms with van der Waals surface area (Å²) < 4.78 is 24.8. The maximum atomic E-state index is 12.4. The van der Waals surface area contributed by atoms with Crippen molar-refractivity contribution in [2.45, 2.75) is 18.0 Å². The van der Waals surface area contributed by atoms with Gasteiger partial charge in [0.05, 0.1) is 12.1 Å². The molecule has 2 unspecified atom stereocenters. The Morgan fingerprint density at radius 3 is 1.64 bits per heavy atom. The molecule has 2 N–H and O–H groups in total. The Hall–Kier alpha value is 0.360. The summed E-state index contributed by atoms with van der Waals surface area (Å²) in [6, 6.07) is -1.16. The number of alkyl halides is 2. The molecule has 6 heteroatoms. The van der Waals surface area contributed by atoms with Crippen LogP contribution < -0.4 is 10.6 Å². The monoisotopic (exact) mass is 206 g/mol. The van der Waals surface area contributed by atoms with Gasteiger partial charge in [-0.3, -0.25) is 0 Å². The number of fused-ring (bicyclic) bond motifs is 1. The lowest BCUT2D eigenvalue weighted by Gasteiger charge is -2.08. The van der Waals surface area contributed by atoms with Gasteiger partial charge in [0.1, 0.15) is 0 Å². The molecule has 0 spiro atoms. The molecule has 2 rings (SSSR count). The normalized spacial score (nSPS) is 37.6. The standard InChI is InChI=1S/C5H8F2N2.2ClH/c6-5(7)3-4(5)9-2-1-8-3;;/h3-4,8-9H,1-2H2;2*1H. The lowest BCUT2D eigenvalue weighted by atomic mass is 10.4. The molecule has 0 bridgehead atoms. The van der Waals surface area contributed by atoms with Crippen LogP contribution in [-0.4, -0.2) is 31.1 Å². The van der Waals surface area contributed by atoms with Crippen molar-refractivity contribution in [2.75, 3.05) is 13.1 Å². The van der Waals surface area contributed by atoms with Gasteiger partial charge in [0, 0.05) is 13.1 Å². The molecule has 2 fully saturated rings. The predicted molar refractivity (Wildman–Crippen MR) is 43.0 cm³/mol. The molecule has 2 aliphatic rings. The van der Waals surface area contributed by atoms with E-state index in [4.69, 9.17) is 0 Å². The van der Waals surface area contributed by atoms with E-state index in [2.05, 4.69) is 10.6 Å². The zero-order chi connectivity index (χ0) is 6.48. The molecule has 1 aliphatic carbocycles. The second-order valence-corrected chi connectivity index (χ2v) is 2.54. The summed E-state index contributed by atoms with van der Waals surface area (Å²) in [5, 5.41) is 5.47. The minimum absolute atomic E-state index is 0.